The first kappa shape index (κ1) is 32.5. The topological polar surface area (TPSA) is 121 Å². The lowest BCUT2D eigenvalue weighted by Crippen LogP contribution is -2.61. The Balaban J connectivity index is 0.963. The van der Waals surface area contributed by atoms with Crippen molar-refractivity contribution in [2.45, 2.75) is 87.8 Å². The molecule has 10 heteroatoms. The summed E-state index contributed by atoms with van der Waals surface area (Å²) in [7, 11) is 0. The van der Waals surface area contributed by atoms with Crippen LogP contribution in [0, 0.1) is 23.7 Å². The molecule has 4 unspecified atom stereocenters. The summed E-state index contributed by atoms with van der Waals surface area (Å²) in [5, 5.41) is 23.8. The minimum atomic E-state index is -0.572. The first-order valence-corrected chi connectivity index (χ1v) is 18.6. The molecule has 1 saturated heterocycles. The number of aliphatic hydroxyl groups is 1. The average molecular weight is 680 g/mol. The van der Waals surface area contributed by atoms with Gasteiger partial charge in [0.05, 0.1) is 18.8 Å². The van der Waals surface area contributed by atoms with Crippen LogP contribution in [0.3, 0.4) is 0 Å². The number of nitrogens with one attached hydrogen (secondary N) is 3. The standard InChI is InChI=1S/C39H45N5O4S/c1-24-34(22-49-38-41-23-42-44-38)47-36(48-35(24)30-10-8-25(21-45)9-11-30)33-7-3-6-32(16-33)31-5-2-4-26(15-31)20-40-37(46)43-39-17-27-12-28(18-39)14-29(13-27)19-39/h2-11,15-16,23-24,27-29,34-36,45H,12-14,17-22H2,1H3,(H2,40,43,46)(H,41,42,44). The van der Waals surface area contributed by atoms with Gasteiger partial charge < -0.3 is 25.2 Å². The normalized spacial score (nSPS) is 30.3. The molecule has 3 aromatic carbocycles. The van der Waals surface area contributed by atoms with E-state index in [9.17, 15) is 9.90 Å². The number of aromatic nitrogens is 3. The number of hydrogen-bond donors (Lipinski definition) is 4. The van der Waals surface area contributed by atoms with Crippen molar-refractivity contribution in [1.29, 1.82) is 0 Å². The summed E-state index contributed by atoms with van der Waals surface area (Å²) < 4.78 is 13.4. The Kier molecular flexibility index (Phi) is 9.22. The molecule has 5 fully saturated rings. The molecule has 256 valence electrons. The highest BCUT2D eigenvalue weighted by atomic mass is 32.2. The van der Waals surface area contributed by atoms with Crippen LogP contribution in [0.15, 0.2) is 84.3 Å². The van der Waals surface area contributed by atoms with Crippen molar-refractivity contribution in [3.8, 4) is 11.1 Å². The third-order valence-corrected chi connectivity index (χ3v) is 12.2. The van der Waals surface area contributed by atoms with Gasteiger partial charge in [-0.2, -0.15) is 5.10 Å². The Morgan fingerprint density at radius 3 is 2.33 bits per heavy atom. The van der Waals surface area contributed by atoms with Crippen LogP contribution in [0.1, 0.15) is 80.1 Å². The highest BCUT2D eigenvalue weighted by molar-refractivity contribution is 7.99. The summed E-state index contributed by atoms with van der Waals surface area (Å²) in [6.45, 7) is 2.63. The maximum absolute atomic E-state index is 13.1. The maximum Gasteiger partial charge on any atom is 0.315 e. The lowest BCUT2D eigenvalue weighted by Gasteiger charge is -2.56. The first-order chi connectivity index (χ1) is 23.9. The second-order valence-corrected chi connectivity index (χ2v) is 15.8. The maximum atomic E-state index is 13.1. The smallest absolute Gasteiger partial charge is 0.315 e. The van der Waals surface area contributed by atoms with Gasteiger partial charge in [-0.1, -0.05) is 79.3 Å². The third kappa shape index (κ3) is 7.15. The minimum absolute atomic E-state index is 0.00225. The molecule has 4 atom stereocenters. The average Bonchev–Trinajstić information content (AvgIpc) is 3.64. The summed E-state index contributed by atoms with van der Waals surface area (Å²) in [6.07, 6.45) is 8.13. The molecule has 4 aliphatic carbocycles. The zero-order valence-corrected chi connectivity index (χ0v) is 28.7. The second-order valence-electron chi connectivity index (χ2n) is 14.8. The van der Waals surface area contributed by atoms with Crippen LogP contribution in [0.25, 0.3) is 11.1 Å². The molecule has 1 aliphatic heterocycles. The molecule has 5 aliphatic rings. The number of nitrogens with zero attached hydrogens (tertiary/aromatic N) is 2. The number of aliphatic hydroxyl groups excluding tert-OH is 1. The predicted molar refractivity (Wildman–Crippen MR) is 188 cm³/mol. The number of aromatic amines is 1. The van der Waals surface area contributed by atoms with Crippen LogP contribution >= 0.6 is 11.8 Å². The molecular formula is C39H45N5O4S. The van der Waals surface area contributed by atoms with E-state index in [0.29, 0.717) is 12.3 Å². The molecular weight excluding hydrogens is 635 g/mol. The fourth-order valence-corrected chi connectivity index (χ4v) is 10.1. The molecule has 0 spiro atoms. The quantitative estimate of drug-likeness (QED) is 0.130. The largest absolute Gasteiger partial charge is 0.392 e. The van der Waals surface area contributed by atoms with E-state index in [-0.39, 0.29) is 36.3 Å². The van der Waals surface area contributed by atoms with Crippen LogP contribution in [0.2, 0.25) is 0 Å². The number of urea groups is 1. The van der Waals surface area contributed by atoms with Gasteiger partial charge in [-0.15, -0.1) is 0 Å². The van der Waals surface area contributed by atoms with E-state index in [1.54, 1.807) is 11.8 Å². The van der Waals surface area contributed by atoms with Gasteiger partial charge in [0, 0.05) is 29.3 Å². The number of carbonyl (C=O) groups is 1. The number of thioether (sulfide) groups is 1. The van der Waals surface area contributed by atoms with Crippen molar-refractivity contribution in [3.63, 3.8) is 0 Å². The Morgan fingerprint density at radius 1 is 0.918 bits per heavy atom. The second kappa shape index (κ2) is 13.9. The summed E-state index contributed by atoms with van der Waals surface area (Å²) in [4.78, 5) is 17.4. The van der Waals surface area contributed by atoms with E-state index in [2.05, 4.69) is 69.1 Å². The van der Waals surface area contributed by atoms with Gasteiger partial charge in [0.25, 0.3) is 0 Å². The molecule has 1 aromatic heterocycles. The Labute approximate surface area is 292 Å². The van der Waals surface area contributed by atoms with Gasteiger partial charge in [-0.05, 0) is 96.2 Å². The van der Waals surface area contributed by atoms with E-state index in [1.807, 2.05) is 36.4 Å². The summed E-state index contributed by atoms with van der Waals surface area (Å²) in [6, 6.07) is 24.6. The summed E-state index contributed by atoms with van der Waals surface area (Å²) >= 11 is 1.58. The monoisotopic (exact) mass is 679 g/mol. The van der Waals surface area contributed by atoms with Gasteiger partial charge in [0.2, 0.25) is 0 Å². The van der Waals surface area contributed by atoms with Crippen LogP contribution in [-0.4, -0.2) is 43.7 Å². The Hall–Kier alpha value is -3.70. The Morgan fingerprint density at radius 2 is 1.63 bits per heavy atom. The van der Waals surface area contributed by atoms with E-state index >= 15 is 0 Å². The zero-order valence-electron chi connectivity index (χ0n) is 27.9. The minimum Gasteiger partial charge on any atom is -0.392 e. The van der Waals surface area contributed by atoms with Crippen LogP contribution in [0.4, 0.5) is 4.79 Å². The van der Waals surface area contributed by atoms with Crippen molar-refractivity contribution < 1.29 is 19.4 Å². The zero-order chi connectivity index (χ0) is 33.4. The number of benzene rings is 3. The highest BCUT2D eigenvalue weighted by Gasteiger charge is 2.51. The van der Waals surface area contributed by atoms with Gasteiger partial charge in [0.1, 0.15) is 6.33 Å². The Bertz CT molecular complexity index is 1710. The van der Waals surface area contributed by atoms with E-state index in [0.717, 1.165) is 75.6 Å². The lowest BCUT2D eigenvalue weighted by molar-refractivity contribution is -0.268. The fraction of sp³-hybridized carbons (Fsp3) is 0.462. The molecule has 2 amide bonds. The molecule has 4 bridgehead atoms. The molecule has 9 nitrogen and oxygen atoms in total. The molecule has 49 heavy (non-hydrogen) atoms. The molecule has 4 saturated carbocycles. The molecule has 2 heterocycles. The van der Waals surface area contributed by atoms with Crippen LogP contribution in [-0.2, 0) is 22.6 Å². The number of H-pyrrole nitrogens is 1. The molecule has 0 radical (unpaired) electrons. The summed E-state index contributed by atoms with van der Waals surface area (Å²) in [5.74, 6) is 3.13. The van der Waals surface area contributed by atoms with Crippen molar-refractivity contribution >= 4 is 17.8 Å². The van der Waals surface area contributed by atoms with Crippen LogP contribution < -0.4 is 10.6 Å². The summed E-state index contributed by atoms with van der Waals surface area (Å²) in [5.41, 5.74) is 6.03. The van der Waals surface area contributed by atoms with Gasteiger partial charge >= 0.3 is 6.03 Å². The van der Waals surface area contributed by atoms with Gasteiger partial charge in [0.15, 0.2) is 11.4 Å². The fourth-order valence-electron chi connectivity index (χ4n) is 9.19. The van der Waals surface area contributed by atoms with Crippen molar-refractivity contribution in [1.82, 2.24) is 25.8 Å². The SMILES string of the molecule is CC1C(CSc2ncn[nH]2)OC(c2cccc(-c3cccc(CNC(=O)NC45CC6CC(CC(C6)C4)C5)c3)c2)OC1c1ccc(CO)cc1. The van der Waals surface area contributed by atoms with Crippen LogP contribution in [0.5, 0.6) is 0 Å². The number of carbonyl (C=O) groups excluding carboxylic acids is 1. The van der Waals surface area contributed by atoms with Gasteiger partial charge in [-0.25, -0.2) is 9.78 Å². The first-order valence-electron chi connectivity index (χ1n) is 17.7. The highest BCUT2D eigenvalue weighted by Crippen LogP contribution is 2.55. The number of hydrogen-bond acceptors (Lipinski definition) is 7. The predicted octanol–water partition coefficient (Wildman–Crippen LogP) is 7.32. The van der Waals surface area contributed by atoms with E-state index in [1.165, 1.54) is 25.6 Å². The number of amides is 2. The van der Waals surface area contributed by atoms with Gasteiger partial charge in [-0.3, -0.25) is 5.10 Å². The number of ether oxygens (including phenoxy) is 2. The molecule has 4 aromatic rings. The van der Waals surface area contributed by atoms with E-state index in [4.69, 9.17) is 9.47 Å². The molecule has 4 N–H and O–H groups in total. The van der Waals surface area contributed by atoms with Crippen molar-refractivity contribution in [2.24, 2.45) is 23.7 Å². The lowest BCUT2D eigenvalue weighted by atomic mass is 9.53. The van der Waals surface area contributed by atoms with Crippen molar-refractivity contribution in [3.05, 3.63) is 101 Å². The number of rotatable bonds is 10. The third-order valence-electron chi connectivity index (χ3n) is 11.2. The van der Waals surface area contributed by atoms with E-state index < -0.39 is 6.29 Å². The van der Waals surface area contributed by atoms with Crippen molar-refractivity contribution in [2.75, 3.05) is 5.75 Å². The molecule has 9 rings (SSSR count).